The molecule has 7 heteroatoms. The molecule has 0 amide bonds. The third-order valence-electron chi connectivity index (χ3n) is 3.88. The highest BCUT2D eigenvalue weighted by atomic mass is 35.5. The fourth-order valence-corrected chi connectivity index (χ4v) is 3.05. The van der Waals surface area contributed by atoms with Crippen molar-refractivity contribution < 1.29 is 9.13 Å². The monoisotopic (exact) mass is 348 g/mol. The zero-order valence-electron chi connectivity index (χ0n) is 13.5. The molecule has 5 nitrogen and oxygen atoms in total. The van der Waals surface area contributed by atoms with Crippen LogP contribution in [0.3, 0.4) is 0 Å². The number of aromatic nitrogens is 3. The zero-order valence-corrected chi connectivity index (χ0v) is 14.2. The summed E-state index contributed by atoms with van der Waals surface area (Å²) in [5.74, 6) is 1.20. The number of anilines is 1. The van der Waals surface area contributed by atoms with Crippen LogP contribution in [0.15, 0.2) is 36.7 Å². The summed E-state index contributed by atoms with van der Waals surface area (Å²) in [5, 5.41) is 4.66. The zero-order chi connectivity index (χ0) is 17.1. The third kappa shape index (κ3) is 3.28. The Morgan fingerprint density at radius 2 is 2.17 bits per heavy atom. The Morgan fingerprint density at radius 3 is 2.92 bits per heavy atom. The van der Waals surface area contributed by atoms with E-state index in [1.807, 2.05) is 19.1 Å². The van der Waals surface area contributed by atoms with E-state index in [2.05, 4.69) is 32.8 Å². The van der Waals surface area contributed by atoms with Crippen LogP contribution in [0.4, 0.5) is 10.2 Å². The van der Waals surface area contributed by atoms with Crippen LogP contribution >= 0.6 is 11.6 Å². The predicted molar refractivity (Wildman–Crippen MR) is 93.5 cm³/mol. The normalized spacial score (nSPS) is 12.3. The van der Waals surface area contributed by atoms with Gasteiger partial charge < -0.3 is 14.6 Å². The molecule has 0 saturated heterocycles. The number of fused-ring (bicyclic) bond motifs is 1. The lowest BCUT2D eigenvalue weighted by molar-refractivity contribution is 0.193. The molecule has 2 aromatic heterocycles. The highest BCUT2D eigenvalue weighted by Crippen LogP contribution is 2.31. The summed E-state index contributed by atoms with van der Waals surface area (Å²) in [5.41, 5.74) is 1.97. The van der Waals surface area contributed by atoms with Crippen molar-refractivity contribution in [1.82, 2.24) is 14.5 Å². The van der Waals surface area contributed by atoms with Gasteiger partial charge >= 0.3 is 0 Å². The molecule has 0 aliphatic carbocycles. The fraction of sp³-hybridized carbons (Fsp3) is 0.294. The fourth-order valence-electron chi connectivity index (χ4n) is 2.90. The first-order valence-electron chi connectivity index (χ1n) is 7.61. The van der Waals surface area contributed by atoms with Gasteiger partial charge in [-0.25, -0.2) is 14.4 Å². The van der Waals surface area contributed by atoms with E-state index in [-0.39, 0.29) is 6.04 Å². The molecule has 3 rings (SSSR count). The van der Waals surface area contributed by atoms with Crippen molar-refractivity contribution in [3.8, 4) is 5.75 Å². The van der Waals surface area contributed by atoms with Gasteiger partial charge in [0.15, 0.2) is 0 Å². The van der Waals surface area contributed by atoms with Gasteiger partial charge in [-0.1, -0.05) is 23.7 Å². The quantitative estimate of drug-likeness (QED) is 0.672. The number of nitrogens with one attached hydrogen (secondary N) is 1. The highest BCUT2D eigenvalue weighted by Gasteiger charge is 2.16. The predicted octanol–water partition coefficient (Wildman–Crippen LogP) is 4.37. The molecule has 0 radical (unpaired) electrons. The molecule has 3 aromatic rings. The van der Waals surface area contributed by atoms with Crippen LogP contribution in [-0.2, 0) is 0 Å². The minimum Gasteiger partial charge on any atom is -0.461 e. The van der Waals surface area contributed by atoms with E-state index >= 15 is 0 Å². The highest BCUT2D eigenvalue weighted by molar-refractivity contribution is 6.29. The first-order chi connectivity index (χ1) is 11.6. The largest absolute Gasteiger partial charge is 0.461 e. The number of alkyl halides is 1. The number of nitrogens with zero attached hydrogens (tertiary/aromatic N) is 3. The van der Waals surface area contributed by atoms with E-state index < -0.39 is 6.86 Å². The smallest absolute Gasteiger partial charge is 0.228 e. The molecule has 0 aliphatic heterocycles. The first-order valence-corrected chi connectivity index (χ1v) is 7.98. The van der Waals surface area contributed by atoms with Gasteiger partial charge in [-0.2, -0.15) is 0 Å². The second-order valence-corrected chi connectivity index (χ2v) is 5.95. The lowest BCUT2D eigenvalue weighted by atomic mass is 10.2. The van der Waals surface area contributed by atoms with E-state index in [4.69, 9.17) is 16.3 Å². The van der Waals surface area contributed by atoms with Crippen LogP contribution in [0.2, 0.25) is 5.15 Å². The van der Waals surface area contributed by atoms with Crippen molar-refractivity contribution in [3.63, 3.8) is 0 Å². The molecule has 1 unspecified atom stereocenters. The summed E-state index contributed by atoms with van der Waals surface area (Å²) >= 11 is 5.87. The van der Waals surface area contributed by atoms with Crippen molar-refractivity contribution in [2.75, 3.05) is 18.7 Å². The Labute approximate surface area is 144 Å². The molecule has 1 aromatic carbocycles. The molecule has 0 saturated carbocycles. The van der Waals surface area contributed by atoms with Crippen molar-refractivity contribution in [3.05, 3.63) is 47.5 Å². The lowest BCUT2D eigenvalue weighted by Crippen LogP contribution is -2.17. The van der Waals surface area contributed by atoms with Gasteiger partial charge in [0.1, 0.15) is 23.0 Å². The van der Waals surface area contributed by atoms with Crippen LogP contribution in [0, 0.1) is 6.92 Å². The Hall–Kier alpha value is -2.34. The van der Waals surface area contributed by atoms with Gasteiger partial charge in [-0.05, 0) is 26.0 Å². The number of halogens is 2. The molecule has 0 spiro atoms. The Morgan fingerprint density at radius 1 is 1.33 bits per heavy atom. The molecular formula is C17H18ClFN4O. The maximum atomic E-state index is 12.7. The number of para-hydroxylation sites is 1. The first kappa shape index (κ1) is 16.5. The Balaban J connectivity index is 1.88. The number of rotatable bonds is 6. The second kappa shape index (κ2) is 7.05. The van der Waals surface area contributed by atoms with Crippen molar-refractivity contribution in [1.29, 1.82) is 0 Å². The van der Waals surface area contributed by atoms with Gasteiger partial charge in [-0.15, -0.1) is 0 Å². The summed E-state index contributed by atoms with van der Waals surface area (Å²) in [6, 6.07) is 9.48. The molecular weight excluding hydrogens is 331 g/mol. The summed E-state index contributed by atoms with van der Waals surface area (Å²) in [7, 11) is 0. The van der Waals surface area contributed by atoms with Crippen LogP contribution in [0.5, 0.6) is 5.75 Å². The molecule has 2 heterocycles. The SMILES string of the molecule is Cc1cc2cccc(OCF)c2n1C(C)CNc1cc(Cl)ncn1. The van der Waals surface area contributed by atoms with Gasteiger partial charge in [0.25, 0.3) is 0 Å². The molecule has 24 heavy (non-hydrogen) atoms. The number of aryl methyl sites for hydroxylation is 1. The summed E-state index contributed by atoms with van der Waals surface area (Å²) in [4.78, 5) is 8.00. The third-order valence-corrected chi connectivity index (χ3v) is 4.09. The molecule has 0 aliphatic rings. The molecule has 1 N–H and O–H groups in total. The number of benzene rings is 1. The molecule has 126 valence electrons. The minimum absolute atomic E-state index is 0.0978. The van der Waals surface area contributed by atoms with Gasteiger partial charge in [0.05, 0.1) is 5.52 Å². The summed E-state index contributed by atoms with van der Waals surface area (Å²) < 4.78 is 20.0. The maximum absolute atomic E-state index is 12.7. The van der Waals surface area contributed by atoms with Gasteiger partial charge in [0, 0.05) is 29.7 Å². The van der Waals surface area contributed by atoms with E-state index in [1.165, 1.54) is 6.33 Å². The number of hydrogen-bond acceptors (Lipinski definition) is 4. The molecule has 1 atom stereocenters. The average molecular weight is 349 g/mol. The Bertz CT molecular complexity index is 852. The summed E-state index contributed by atoms with van der Waals surface area (Å²) in [6.45, 7) is 3.88. The van der Waals surface area contributed by atoms with E-state index in [0.717, 1.165) is 16.6 Å². The molecule has 0 fully saturated rings. The minimum atomic E-state index is -0.852. The van der Waals surface area contributed by atoms with E-state index in [9.17, 15) is 4.39 Å². The van der Waals surface area contributed by atoms with Crippen LogP contribution < -0.4 is 10.1 Å². The standard InChI is InChI=1S/C17H18ClFN4O/c1-11-6-13-4-3-5-14(24-9-19)17(13)23(11)12(2)8-20-16-7-15(18)21-10-22-16/h3-7,10,12H,8-9H2,1-2H3,(H,20,21,22). The number of ether oxygens (including phenoxy) is 1. The lowest BCUT2D eigenvalue weighted by Gasteiger charge is -2.19. The second-order valence-electron chi connectivity index (χ2n) is 5.56. The van der Waals surface area contributed by atoms with Crippen molar-refractivity contribution in [2.24, 2.45) is 0 Å². The molecule has 0 bridgehead atoms. The maximum Gasteiger partial charge on any atom is 0.228 e. The summed E-state index contributed by atoms with van der Waals surface area (Å²) in [6.07, 6.45) is 1.42. The van der Waals surface area contributed by atoms with E-state index in [0.29, 0.717) is 23.3 Å². The van der Waals surface area contributed by atoms with E-state index in [1.54, 1.807) is 12.1 Å². The van der Waals surface area contributed by atoms with Gasteiger partial charge in [0.2, 0.25) is 6.86 Å². The van der Waals surface area contributed by atoms with Crippen molar-refractivity contribution >= 4 is 28.3 Å². The Kier molecular flexibility index (Phi) is 4.85. The van der Waals surface area contributed by atoms with Gasteiger partial charge in [-0.3, -0.25) is 0 Å². The van der Waals surface area contributed by atoms with Crippen molar-refractivity contribution in [2.45, 2.75) is 19.9 Å². The van der Waals surface area contributed by atoms with Crippen LogP contribution in [0.25, 0.3) is 10.9 Å². The number of hydrogen-bond donors (Lipinski definition) is 1. The topological polar surface area (TPSA) is 52.0 Å². The van der Waals surface area contributed by atoms with Crippen LogP contribution in [-0.4, -0.2) is 27.9 Å². The average Bonchev–Trinajstić information content (AvgIpc) is 2.90. The van der Waals surface area contributed by atoms with Crippen LogP contribution in [0.1, 0.15) is 18.7 Å².